The van der Waals surface area contributed by atoms with Crippen molar-refractivity contribution in [3.8, 4) is 0 Å². The molecule has 1 radical (unpaired) electrons. The molecule has 0 N–H and O–H groups in total. The predicted octanol–water partition coefficient (Wildman–Crippen LogP) is 2.13. The van der Waals surface area contributed by atoms with Crippen molar-refractivity contribution in [3.05, 3.63) is 8.17 Å². The molecule has 0 saturated heterocycles. The van der Waals surface area contributed by atoms with Gasteiger partial charge in [0.15, 0.2) is 0 Å². The van der Waals surface area contributed by atoms with Gasteiger partial charge in [-0.1, -0.05) is 22.6 Å². The first-order chi connectivity index (χ1) is 1.91. The molecule has 2 heteroatoms. The van der Waals surface area contributed by atoms with Crippen LogP contribution < -0.4 is 0 Å². The highest BCUT2D eigenvalue weighted by Gasteiger charge is 1.41. The number of halogens is 2. The van der Waals surface area contributed by atoms with Crippen molar-refractivity contribution in [2.75, 3.05) is 0 Å². The molecule has 0 amide bonds. The van der Waals surface area contributed by atoms with E-state index in [1.54, 1.807) is 0 Å². The van der Waals surface area contributed by atoms with Gasteiger partial charge < -0.3 is 0 Å². The van der Waals surface area contributed by atoms with E-state index in [2.05, 4.69) is 26.7 Å². The highest BCUT2D eigenvalue weighted by molar-refractivity contribution is 14.1. The fraction of sp³-hybridized carbons (Fsp3) is 0. The standard InChI is InChI=1S/C2HI2/c3-1-2-4/h1H. The van der Waals surface area contributed by atoms with Crippen molar-refractivity contribution in [1.82, 2.24) is 0 Å². The van der Waals surface area contributed by atoms with Crippen molar-refractivity contribution in [1.29, 1.82) is 0 Å². The zero-order valence-electron chi connectivity index (χ0n) is 1.83. The number of hydrogen-bond donors (Lipinski definition) is 0. The average Bonchev–Trinajstić information content (AvgIpc) is 1.37. The van der Waals surface area contributed by atoms with Crippen LogP contribution in [-0.2, 0) is 0 Å². The monoisotopic (exact) mass is 279 g/mol. The third kappa shape index (κ3) is 3.20. The molecule has 0 aliphatic rings. The molecule has 0 aromatic rings. The van der Waals surface area contributed by atoms with Gasteiger partial charge in [-0.3, -0.25) is 0 Å². The Morgan fingerprint density at radius 2 is 2.00 bits per heavy atom. The van der Waals surface area contributed by atoms with Crippen LogP contribution in [0.2, 0.25) is 0 Å². The molecule has 0 saturated carbocycles. The summed E-state index contributed by atoms with van der Waals surface area (Å²) < 4.78 is 4.59. The molecule has 4 heavy (non-hydrogen) atoms. The second kappa shape index (κ2) is 4.20. The second-order valence-electron chi connectivity index (χ2n) is 0.218. The van der Waals surface area contributed by atoms with Crippen LogP contribution in [0, 0.1) is 4.08 Å². The van der Waals surface area contributed by atoms with Crippen LogP contribution in [0.3, 0.4) is 0 Å². The summed E-state index contributed by atoms with van der Waals surface area (Å²) in [7, 11) is 0. The quantitative estimate of drug-likeness (QED) is 0.596. The fourth-order valence-corrected chi connectivity index (χ4v) is 0. The summed E-state index contributed by atoms with van der Waals surface area (Å²) in [5.41, 5.74) is 0. The highest BCUT2D eigenvalue weighted by Crippen LogP contribution is 1.86. The molecule has 0 aliphatic carbocycles. The van der Waals surface area contributed by atoms with Gasteiger partial charge in [0, 0.05) is 4.08 Å². The molecule has 0 spiro atoms. The van der Waals surface area contributed by atoms with Gasteiger partial charge in [-0.15, -0.1) is 0 Å². The lowest BCUT2D eigenvalue weighted by molar-refractivity contribution is 2.57. The van der Waals surface area contributed by atoms with E-state index in [9.17, 15) is 0 Å². The van der Waals surface area contributed by atoms with Gasteiger partial charge in [-0.05, 0) is 26.7 Å². The minimum Gasteiger partial charge on any atom is -0.0518 e. The lowest BCUT2D eigenvalue weighted by Gasteiger charge is -1.42. The van der Waals surface area contributed by atoms with E-state index in [4.69, 9.17) is 0 Å². The van der Waals surface area contributed by atoms with E-state index in [0.29, 0.717) is 0 Å². The predicted molar refractivity (Wildman–Crippen MR) is 35.9 cm³/mol. The van der Waals surface area contributed by atoms with E-state index >= 15 is 0 Å². The molecule has 0 nitrogen and oxygen atoms in total. The third-order valence-electron chi connectivity index (χ3n) is 0.0412. The molecule has 0 rings (SSSR count). The Balaban J connectivity index is 2.55. The van der Waals surface area contributed by atoms with Crippen LogP contribution in [0.1, 0.15) is 0 Å². The molecule has 0 heterocycles. The summed E-state index contributed by atoms with van der Waals surface area (Å²) in [6.07, 6.45) is 0. The van der Waals surface area contributed by atoms with E-state index in [1.165, 1.54) is 0 Å². The molecule has 0 atom stereocenters. The largest absolute Gasteiger partial charge is 0.0518 e. The highest BCUT2D eigenvalue weighted by atomic mass is 127. The van der Waals surface area contributed by atoms with Crippen molar-refractivity contribution in [3.63, 3.8) is 0 Å². The van der Waals surface area contributed by atoms with Crippen LogP contribution >= 0.6 is 45.2 Å². The molecule has 0 bridgehead atoms. The molecule has 0 fully saturated rings. The normalized spacial score (nSPS) is 9.50. The van der Waals surface area contributed by atoms with E-state index in [-0.39, 0.29) is 0 Å². The zero-order chi connectivity index (χ0) is 3.41. The maximum Gasteiger partial charge on any atom is 0.0329 e. The Kier molecular flexibility index (Phi) is 5.46. The molecule has 0 aromatic carbocycles. The van der Waals surface area contributed by atoms with Gasteiger partial charge in [0.25, 0.3) is 0 Å². The molecule has 0 aliphatic heterocycles. The second-order valence-corrected chi connectivity index (χ2v) is 1.46. The lowest BCUT2D eigenvalue weighted by atomic mass is 11.3. The average molecular weight is 279 g/mol. The van der Waals surface area contributed by atoms with Crippen LogP contribution in [-0.4, -0.2) is 0 Å². The summed E-state index contributed by atoms with van der Waals surface area (Å²) in [5, 5.41) is 0. The molecule has 0 aromatic heterocycles. The van der Waals surface area contributed by atoms with Crippen molar-refractivity contribution < 1.29 is 0 Å². The topological polar surface area (TPSA) is 0 Å². The minimum absolute atomic E-state index is 1.83. The molecular weight excluding hydrogens is 278 g/mol. The van der Waals surface area contributed by atoms with Gasteiger partial charge in [-0.25, -0.2) is 0 Å². The zero-order valence-corrected chi connectivity index (χ0v) is 6.15. The molecule has 23 valence electrons. The molecule has 0 unspecified atom stereocenters. The van der Waals surface area contributed by atoms with Gasteiger partial charge in [-0.2, -0.15) is 0 Å². The van der Waals surface area contributed by atoms with Gasteiger partial charge in [0.05, 0.1) is 0 Å². The van der Waals surface area contributed by atoms with Crippen LogP contribution in [0.25, 0.3) is 0 Å². The summed E-state index contributed by atoms with van der Waals surface area (Å²) in [4.78, 5) is 0. The van der Waals surface area contributed by atoms with Crippen molar-refractivity contribution >= 4 is 45.2 Å². The van der Waals surface area contributed by atoms with Gasteiger partial charge in [0.1, 0.15) is 0 Å². The number of rotatable bonds is 0. The SMILES string of the molecule is I/[C]=C\I. The molecular formula is C2HI2. The fourth-order valence-electron chi connectivity index (χ4n) is 0. The first-order valence-electron chi connectivity index (χ1n) is 0.696. The third-order valence-corrected chi connectivity index (χ3v) is 1.86. The Labute approximate surface area is 52.9 Å². The Morgan fingerprint density at radius 1 is 1.75 bits per heavy atom. The lowest BCUT2D eigenvalue weighted by Crippen LogP contribution is -1.09. The smallest absolute Gasteiger partial charge is 0.0329 e. The maximum absolute atomic E-state index is 2.76. The first-order valence-corrected chi connectivity index (χ1v) is 3.02. The van der Waals surface area contributed by atoms with Crippen molar-refractivity contribution in [2.24, 2.45) is 0 Å². The number of hydrogen-bond acceptors (Lipinski definition) is 0. The van der Waals surface area contributed by atoms with Crippen LogP contribution in [0.15, 0.2) is 4.08 Å². The Morgan fingerprint density at radius 3 is 2.00 bits per heavy atom. The van der Waals surface area contributed by atoms with Crippen LogP contribution in [0.5, 0.6) is 0 Å². The van der Waals surface area contributed by atoms with Gasteiger partial charge >= 0.3 is 0 Å². The maximum atomic E-state index is 2.76. The summed E-state index contributed by atoms with van der Waals surface area (Å²) in [6, 6.07) is 0. The summed E-state index contributed by atoms with van der Waals surface area (Å²) >= 11 is 4.15. The Hall–Kier alpha value is 1.20. The van der Waals surface area contributed by atoms with E-state index < -0.39 is 0 Å². The van der Waals surface area contributed by atoms with E-state index in [0.717, 1.165) is 0 Å². The van der Waals surface area contributed by atoms with Crippen LogP contribution in [0.4, 0.5) is 0 Å². The Bertz CT molecular complexity index is 19.2. The van der Waals surface area contributed by atoms with Crippen molar-refractivity contribution in [2.45, 2.75) is 0 Å². The summed E-state index contributed by atoms with van der Waals surface area (Å²) in [6.45, 7) is 0. The van der Waals surface area contributed by atoms with E-state index in [1.807, 2.05) is 26.7 Å². The first kappa shape index (κ1) is 5.20. The van der Waals surface area contributed by atoms with Gasteiger partial charge in [0.2, 0.25) is 0 Å². The minimum atomic E-state index is 1.83. The summed E-state index contributed by atoms with van der Waals surface area (Å²) in [5.74, 6) is 0.